The second kappa shape index (κ2) is 11.0. The highest BCUT2D eigenvalue weighted by molar-refractivity contribution is 6.05. The van der Waals surface area contributed by atoms with E-state index in [1.807, 2.05) is 39.2 Å². The van der Waals surface area contributed by atoms with E-state index in [-0.39, 0.29) is 29.4 Å². The van der Waals surface area contributed by atoms with Crippen molar-refractivity contribution in [3.05, 3.63) is 53.8 Å². The summed E-state index contributed by atoms with van der Waals surface area (Å²) in [5.74, 6) is -0.339. The predicted molar refractivity (Wildman–Crippen MR) is 127 cm³/mol. The van der Waals surface area contributed by atoms with Gasteiger partial charge in [-0.15, -0.1) is 0 Å². The first-order valence-electron chi connectivity index (χ1n) is 10.8. The van der Waals surface area contributed by atoms with E-state index < -0.39 is 17.4 Å². The van der Waals surface area contributed by atoms with Gasteiger partial charge in [0.1, 0.15) is 23.0 Å². The first-order chi connectivity index (χ1) is 15.8. The average molecular weight is 475 g/mol. The van der Waals surface area contributed by atoms with E-state index in [0.29, 0.717) is 11.5 Å². The Morgan fingerprint density at radius 3 is 2.12 bits per heavy atom. The highest BCUT2D eigenvalue weighted by Gasteiger charge is 2.20. The largest absolute Gasteiger partial charge is 0.381 e. The van der Waals surface area contributed by atoms with Crippen LogP contribution in [0.15, 0.2) is 30.6 Å². The maximum absolute atomic E-state index is 13.7. The molecule has 184 valence electrons. The number of rotatable bonds is 6. The molecule has 0 amide bonds. The summed E-state index contributed by atoms with van der Waals surface area (Å²) in [6.45, 7) is 11.5. The zero-order chi connectivity index (χ0) is 25.7. The zero-order valence-electron chi connectivity index (χ0n) is 20.8. The third-order valence-electron chi connectivity index (χ3n) is 4.82. The van der Waals surface area contributed by atoms with Crippen molar-refractivity contribution in [1.29, 1.82) is 0 Å². The molecule has 3 rings (SSSR count). The Hall–Kier alpha value is -3.63. The highest BCUT2D eigenvalue weighted by atomic mass is 19.1. The van der Waals surface area contributed by atoms with Gasteiger partial charge >= 0.3 is 0 Å². The molecule has 0 bridgehead atoms. The SMILES string of the molecule is Cc1ncc(-c2nc(N)ncc2F)n1C(C)C.Cc1ncc(C(=O)C(F)=CN(C)C)n1C(C)C. The molecule has 3 aromatic rings. The number of aryl methyl sites for hydroxylation is 2. The fraction of sp³-hybridized carbons (Fsp3) is 0.435. The van der Waals surface area contributed by atoms with Crippen LogP contribution in [-0.4, -0.2) is 53.8 Å². The van der Waals surface area contributed by atoms with Crippen LogP contribution in [0.25, 0.3) is 11.4 Å². The number of aromatic nitrogens is 6. The molecular formula is C23H32F2N8O. The number of anilines is 1. The number of carbonyl (C=O) groups is 1. The molecule has 0 saturated carbocycles. The second-order valence-corrected chi connectivity index (χ2v) is 8.50. The van der Waals surface area contributed by atoms with Crippen LogP contribution in [-0.2, 0) is 0 Å². The molecule has 0 aromatic carbocycles. The van der Waals surface area contributed by atoms with Gasteiger partial charge in [0.15, 0.2) is 11.6 Å². The van der Waals surface area contributed by atoms with Crippen LogP contribution >= 0.6 is 0 Å². The second-order valence-electron chi connectivity index (χ2n) is 8.50. The molecule has 0 atom stereocenters. The van der Waals surface area contributed by atoms with Gasteiger partial charge in [0, 0.05) is 32.4 Å². The number of hydrogen-bond acceptors (Lipinski definition) is 7. The summed E-state index contributed by atoms with van der Waals surface area (Å²) in [7, 11) is 3.33. The molecular weight excluding hydrogens is 442 g/mol. The number of halogens is 2. The topological polar surface area (TPSA) is 108 Å². The monoisotopic (exact) mass is 474 g/mol. The minimum Gasteiger partial charge on any atom is -0.381 e. The van der Waals surface area contributed by atoms with Crippen molar-refractivity contribution < 1.29 is 13.6 Å². The number of hydrogen-bond donors (Lipinski definition) is 1. The Morgan fingerprint density at radius 1 is 1.00 bits per heavy atom. The van der Waals surface area contributed by atoms with Crippen molar-refractivity contribution in [3.8, 4) is 11.4 Å². The van der Waals surface area contributed by atoms with Crippen LogP contribution in [0, 0.1) is 19.7 Å². The van der Waals surface area contributed by atoms with Gasteiger partial charge in [0.2, 0.25) is 11.7 Å². The van der Waals surface area contributed by atoms with Crippen LogP contribution < -0.4 is 5.73 Å². The number of nitrogens with zero attached hydrogens (tertiary/aromatic N) is 7. The van der Waals surface area contributed by atoms with E-state index in [1.54, 1.807) is 31.8 Å². The molecule has 0 spiro atoms. The highest BCUT2D eigenvalue weighted by Crippen LogP contribution is 2.25. The average Bonchev–Trinajstić information content (AvgIpc) is 3.31. The van der Waals surface area contributed by atoms with E-state index in [2.05, 4.69) is 19.9 Å². The summed E-state index contributed by atoms with van der Waals surface area (Å²) in [6.07, 6.45) is 5.25. The van der Waals surface area contributed by atoms with Crippen LogP contribution in [0.5, 0.6) is 0 Å². The summed E-state index contributed by atoms with van der Waals surface area (Å²) in [4.78, 5) is 29.2. The lowest BCUT2D eigenvalue weighted by atomic mass is 10.2. The number of Topliss-reactive ketones (excluding diaryl/α,β-unsaturated/α-hetero) is 1. The van der Waals surface area contributed by atoms with Crippen molar-refractivity contribution in [2.75, 3.05) is 19.8 Å². The van der Waals surface area contributed by atoms with Gasteiger partial charge in [0.25, 0.3) is 0 Å². The van der Waals surface area contributed by atoms with Crippen LogP contribution in [0.2, 0.25) is 0 Å². The first kappa shape index (κ1) is 26.6. The Kier molecular flexibility index (Phi) is 8.61. The molecule has 0 fully saturated rings. The Labute approximate surface area is 198 Å². The lowest BCUT2D eigenvalue weighted by Crippen LogP contribution is -2.14. The molecule has 9 nitrogen and oxygen atoms in total. The van der Waals surface area contributed by atoms with Crippen molar-refractivity contribution in [2.45, 2.75) is 53.6 Å². The summed E-state index contributed by atoms with van der Waals surface area (Å²) in [6, 6.07) is 0.242. The lowest BCUT2D eigenvalue weighted by molar-refractivity contribution is 0.0991. The van der Waals surface area contributed by atoms with E-state index in [1.165, 1.54) is 11.1 Å². The first-order valence-corrected chi connectivity index (χ1v) is 10.8. The van der Waals surface area contributed by atoms with Crippen LogP contribution in [0.1, 0.15) is 61.9 Å². The molecule has 3 aromatic heterocycles. The van der Waals surface area contributed by atoms with E-state index in [9.17, 15) is 13.6 Å². The van der Waals surface area contributed by atoms with Gasteiger partial charge in [-0.3, -0.25) is 4.79 Å². The molecule has 34 heavy (non-hydrogen) atoms. The zero-order valence-corrected chi connectivity index (χ0v) is 20.8. The summed E-state index contributed by atoms with van der Waals surface area (Å²) in [5.41, 5.74) is 6.57. The van der Waals surface area contributed by atoms with Gasteiger partial charge in [-0.1, -0.05) is 0 Å². The minimum atomic E-state index is -0.781. The van der Waals surface area contributed by atoms with E-state index in [4.69, 9.17) is 5.73 Å². The van der Waals surface area contributed by atoms with Gasteiger partial charge < -0.3 is 19.8 Å². The van der Waals surface area contributed by atoms with Gasteiger partial charge in [-0.25, -0.2) is 28.7 Å². The van der Waals surface area contributed by atoms with Gasteiger partial charge in [-0.05, 0) is 41.5 Å². The number of allylic oxidation sites excluding steroid dienone is 1. The molecule has 0 aliphatic rings. The Morgan fingerprint density at radius 2 is 1.56 bits per heavy atom. The molecule has 0 aliphatic carbocycles. The maximum atomic E-state index is 13.7. The summed E-state index contributed by atoms with van der Waals surface area (Å²) >= 11 is 0. The van der Waals surface area contributed by atoms with Crippen LogP contribution in [0.3, 0.4) is 0 Å². The third kappa shape index (κ3) is 6.03. The number of carbonyl (C=O) groups excluding carboxylic acids is 1. The molecule has 2 N–H and O–H groups in total. The van der Waals surface area contributed by atoms with Crippen molar-refractivity contribution in [3.63, 3.8) is 0 Å². The molecule has 0 aliphatic heterocycles. The quantitative estimate of drug-likeness (QED) is 0.420. The molecule has 11 heteroatoms. The van der Waals surface area contributed by atoms with Gasteiger partial charge in [-0.2, -0.15) is 0 Å². The van der Waals surface area contributed by atoms with Gasteiger partial charge in [0.05, 0.1) is 24.3 Å². The van der Waals surface area contributed by atoms with Crippen molar-refractivity contribution >= 4 is 11.7 Å². The van der Waals surface area contributed by atoms with E-state index >= 15 is 0 Å². The smallest absolute Gasteiger partial charge is 0.240 e. The number of imidazole rings is 2. The third-order valence-corrected chi connectivity index (χ3v) is 4.82. The van der Waals surface area contributed by atoms with E-state index in [0.717, 1.165) is 18.2 Å². The molecule has 0 saturated heterocycles. The molecule has 0 unspecified atom stereocenters. The molecule has 0 radical (unpaired) electrons. The molecule has 3 heterocycles. The number of nitrogens with two attached hydrogens (primary N) is 1. The van der Waals surface area contributed by atoms with Crippen molar-refractivity contribution in [1.82, 2.24) is 34.0 Å². The normalized spacial score (nSPS) is 11.6. The fourth-order valence-electron chi connectivity index (χ4n) is 3.52. The van der Waals surface area contributed by atoms with Crippen molar-refractivity contribution in [2.24, 2.45) is 0 Å². The fourth-order valence-corrected chi connectivity index (χ4v) is 3.52. The standard InChI is InChI=1S/C12H18FN3O.C11H14FN5/c1-8(2)16-9(3)14-6-11(16)12(17)10(13)7-15(4)5;1-6(2)17-7(3)14-5-9(17)10-8(12)4-15-11(13)16-10/h6-8H,1-5H3;4-6H,1-3H3,(H2,13,15,16). The minimum absolute atomic E-state index is 0.0514. The Balaban J connectivity index is 0.000000240. The Bertz CT molecular complexity index is 1180. The predicted octanol–water partition coefficient (Wildman–Crippen LogP) is 4.28. The lowest BCUT2D eigenvalue weighted by Gasteiger charge is -2.13. The summed E-state index contributed by atoms with van der Waals surface area (Å²) in [5, 5.41) is 0. The number of nitrogen functional groups attached to an aromatic ring is 1. The van der Waals surface area contributed by atoms with Crippen LogP contribution in [0.4, 0.5) is 14.7 Å². The summed E-state index contributed by atoms with van der Waals surface area (Å²) < 4.78 is 30.9. The number of ketones is 1. The maximum Gasteiger partial charge on any atom is 0.240 e.